The highest BCUT2D eigenvalue weighted by Gasteiger charge is 2.57. The average molecular weight is 228 g/mol. The molecule has 0 unspecified atom stereocenters. The van der Waals surface area contributed by atoms with E-state index in [-0.39, 0.29) is 5.69 Å². The lowest BCUT2D eigenvalue weighted by atomic mass is 10.3. The van der Waals surface area contributed by atoms with Crippen LogP contribution in [0.5, 0.6) is 0 Å². The Morgan fingerprint density at radius 1 is 1.20 bits per heavy atom. The molecule has 0 aromatic carbocycles. The zero-order valence-electron chi connectivity index (χ0n) is 8.07. The summed E-state index contributed by atoms with van der Waals surface area (Å²) in [7, 11) is 0. The van der Waals surface area contributed by atoms with Crippen LogP contribution in [0.4, 0.5) is 22.0 Å². The normalized spacial score (nSPS) is 13.3. The van der Waals surface area contributed by atoms with Crippen LogP contribution >= 0.6 is 0 Å². The van der Waals surface area contributed by atoms with E-state index in [1.165, 1.54) is 19.9 Å². The lowest BCUT2D eigenvalue weighted by molar-refractivity contribution is -0.287. The zero-order chi connectivity index (χ0) is 11.9. The Labute approximate surface area is 82.7 Å². The fourth-order valence-electron chi connectivity index (χ4n) is 1.11. The molecule has 2 nitrogen and oxygen atoms in total. The van der Waals surface area contributed by atoms with Gasteiger partial charge in [0.15, 0.2) is 0 Å². The quantitative estimate of drug-likeness (QED) is 0.711. The summed E-state index contributed by atoms with van der Waals surface area (Å²) in [6, 6.07) is 1.44. The molecule has 1 aromatic heterocycles. The third kappa shape index (κ3) is 2.45. The van der Waals surface area contributed by atoms with Crippen LogP contribution in [0, 0.1) is 13.8 Å². The largest absolute Gasteiger partial charge is 0.455 e. The van der Waals surface area contributed by atoms with E-state index in [1.807, 2.05) is 0 Å². The summed E-state index contributed by atoms with van der Waals surface area (Å²) >= 11 is 0. The summed E-state index contributed by atoms with van der Waals surface area (Å²) < 4.78 is 61.5. The number of aryl methyl sites for hydroxylation is 2. The van der Waals surface area contributed by atoms with Gasteiger partial charge >= 0.3 is 12.1 Å². The SMILES string of the molecule is Cc1cc(C)n(CC(F)(F)C(F)(F)F)n1. The van der Waals surface area contributed by atoms with Crippen molar-refractivity contribution >= 4 is 0 Å². The Bertz CT molecular complexity index is 352. The zero-order valence-corrected chi connectivity index (χ0v) is 8.07. The van der Waals surface area contributed by atoms with Gasteiger partial charge in [-0.15, -0.1) is 0 Å². The Morgan fingerprint density at radius 3 is 2.07 bits per heavy atom. The molecule has 0 aliphatic rings. The number of aromatic nitrogens is 2. The van der Waals surface area contributed by atoms with Gasteiger partial charge in [-0.2, -0.15) is 27.1 Å². The lowest BCUT2D eigenvalue weighted by Gasteiger charge is -2.19. The second kappa shape index (κ2) is 3.46. The van der Waals surface area contributed by atoms with Gasteiger partial charge in [-0.25, -0.2) is 0 Å². The van der Waals surface area contributed by atoms with Gasteiger partial charge in [0.1, 0.15) is 6.54 Å². The van der Waals surface area contributed by atoms with E-state index in [0.717, 1.165) is 0 Å². The van der Waals surface area contributed by atoms with Crippen LogP contribution in [0.1, 0.15) is 11.4 Å². The fraction of sp³-hybridized carbons (Fsp3) is 0.625. The van der Waals surface area contributed by atoms with Gasteiger partial charge in [0.25, 0.3) is 0 Å². The molecule has 0 bridgehead atoms. The third-order valence-corrected chi connectivity index (χ3v) is 1.87. The molecule has 0 amide bonds. The molecule has 0 radical (unpaired) electrons. The van der Waals surface area contributed by atoms with Crippen LogP contribution in [0.3, 0.4) is 0 Å². The maximum Gasteiger partial charge on any atom is 0.455 e. The molecule has 86 valence electrons. The Kier molecular flexibility index (Phi) is 2.75. The molecule has 0 saturated heterocycles. The predicted molar refractivity (Wildman–Crippen MR) is 42.7 cm³/mol. The first-order valence-corrected chi connectivity index (χ1v) is 4.09. The van der Waals surface area contributed by atoms with Crippen LogP contribution in [-0.2, 0) is 6.54 Å². The van der Waals surface area contributed by atoms with Gasteiger partial charge in [-0.1, -0.05) is 0 Å². The van der Waals surface area contributed by atoms with E-state index in [0.29, 0.717) is 10.4 Å². The fourth-order valence-corrected chi connectivity index (χ4v) is 1.11. The van der Waals surface area contributed by atoms with Crippen LogP contribution in [0.15, 0.2) is 6.07 Å². The van der Waals surface area contributed by atoms with Crippen molar-refractivity contribution in [2.24, 2.45) is 0 Å². The summed E-state index contributed by atoms with van der Waals surface area (Å²) in [5.74, 6) is -4.75. The molecular weight excluding hydrogens is 219 g/mol. The molecule has 0 spiro atoms. The van der Waals surface area contributed by atoms with Crippen LogP contribution in [0.2, 0.25) is 0 Å². The van der Waals surface area contributed by atoms with Gasteiger partial charge in [0.2, 0.25) is 0 Å². The van der Waals surface area contributed by atoms with Gasteiger partial charge in [-0.3, -0.25) is 4.68 Å². The molecule has 1 rings (SSSR count). The molecule has 0 aliphatic carbocycles. The van der Waals surface area contributed by atoms with Crippen molar-refractivity contribution in [2.75, 3.05) is 0 Å². The minimum absolute atomic E-state index is 0.274. The Hall–Kier alpha value is -1.14. The van der Waals surface area contributed by atoms with E-state index in [2.05, 4.69) is 5.10 Å². The Morgan fingerprint density at radius 2 is 1.73 bits per heavy atom. The minimum Gasteiger partial charge on any atom is -0.263 e. The van der Waals surface area contributed by atoms with Crippen LogP contribution < -0.4 is 0 Å². The van der Waals surface area contributed by atoms with E-state index >= 15 is 0 Å². The van der Waals surface area contributed by atoms with Crippen molar-refractivity contribution in [1.82, 2.24) is 9.78 Å². The molecule has 0 saturated carbocycles. The molecule has 1 aromatic rings. The molecule has 0 fully saturated rings. The highest BCUT2D eigenvalue weighted by atomic mass is 19.4. The minimum atomic E-state index is -5.54. The van der Waals surface area contributed by atoms with E-state index in [4.69, 9.17) is 0 Å². The highest BCUT2D eigenvalue weighted by Crippen LogP contribution is 2.36. The van der Waals surface area contributed by atoms with Crippen molar-refractivity contribution < 1.29 is 22.0 Å². The molecule has 0 atom stereocenters. The van der Waals surface area contributed by atoms with Crippen LogP contribution in [-0.4, -0.2) is 21.9 Å². The number of hydrogen-bond donors (Lipinski definition) is 0. The van der Waals surface area contributed by atoms with E-state index < -0.39 is 18.6 Å². The maximum atomic E-state index is 12.6. The van der Waals surface area contributed by atoms with Crippen molar-refractivity contribution in [1.29, 1.82) is 0 Å². The van der Waals surface area contributed by atoms with Gasteiger partial charge in [0.05, 0.1) is 5.69 Å². The van der Waals surface area contributed by atoms with Crippen molar-refractivity contribution in [3.63, 3.8) is 0 Å². The second-order valence-electron chi connectivity index (χ2n) is 3.29. The molecular formula is C8H9F5N2. The first-order chi connectivity index (χ1) is 6.63. The van der Waals surface area contributed by atoms with Gasteiger partial charge < -0.3 is 0 Å². The molecule has 15 heavy (non-hydrogen) atoms. The van der Waals surface area contributed by atoms with Gasteiger partial charge in [-0.05, 0) is 19.9 Å². The number of nitrogens with zero attached hydrogens (tertiary/aromatic N) is 2. The summed E-state index contributed by atoms with van der Waals surface area (Å²) in [4.78, 5) is 0. The lowest BCUT2D eigenvalue weighted by Crippen LogP contribution is -2.40. The Balaban J connectivity index is 2.91. The summed E-state index contributed by atoms with van der Waals surface area (Å²) in [6.07, 6.45) is -5.54. The van der Waals surface area contributed by atoms with Gasteiger partial charge in [0, 0.05) is 5.69 Å². The molecule has 0 N–H and O–H groups in total. The number of halogens is 5. The number of rotatable bonds is 2. The number of alkyl halides is 5. The van der Waals surface area contributed by atoms with E-state index in [9.17, 15) is 22.0 Å². The second-order valence-corrected chi connectivity index (χ2v) is 3.29. The first-order valence-electron chi connectivity index (χ1n) is 4.09. The summed E-state index contributed by atoms with van der Waals surface area (Å²) in [5, 5.41) is 3.55. The standard InChI is InChI=1S/C8H9F5N2/c1-5-3-6(2)15(14-5)4-7(9,10)8(11,12)13/h3H,4H2,1-2H3. The monoisotopic (exact) mass is 228 g/mol. The van der Waals surface area contributed by atoms with Crippen LogP contribution in [0.25, 0.3) is 0 Å². The van der Waals surface area contributed by atoms with Crippen molar-refractivity contribution in [3.05, 3.63) is 17.5 Å². The summed E-state index contributed by atoms with van der Waals surface area (Å²) in [6.45, 7) is 1.47. The smallest absolute Gasteiger partial charge is 0.263 e. The topological polar surface area (TPSA) is 17.8 Å². The highest BCUT2D eigenvalue weighted by molar-refractivity contribution is 5.07. The first kappa shape index (κ1) is 11.9. The van der Waals surface area contributed by atoms with Crippen molar-refractivity contribution in [3.8, 4) is 0 Å². The third-order valence-electron chi connectivity index (χ3n) is 1.87. The predicted octanol–water partition coefficient (Wildman–Crippen LogP) is 2.70. The van der Waals surface area contributed by atoms with E-state index in [1.54, 1.807) is 0 Å². The molecule has 7 heteroatoms. The summed E-state index contributed by atoms with van der Waals surface area (Å²) in [5.41, 5.74) is 0.682. The molecule has 0 aliphatic heterocycles. The van der Waals surface area contributed by atoms with Crippen molar-refractivity contribution in [2.45, 2.75) is 32.5 Å². The number of hydrogen-bond acceptors (Lipinski definition) is 1. The maximum absolute atomic E-state index is 12.6. The average Bonchev–Trinajstić information content (AvgIpc) is 2.26. The molecule has 1 heterocycles.